The molecule has 2 heterocycles. The molecule has 0 aromatic heterocycles. The molecule has 2 aliphatic heterocycles. The van der Waals surface area contributed by atoms with Gasteiger partial charge in [0.2, 0.25) is 5.75 Å². The molecular formula is C30H37FN2O8. The van der Waals surface area contributed by atoms with Crippen molar-refractivity contribution in [1.29, 1.82) is 0 Å². The lowest BCUT2D eigenvalue weighted by atomic mass is 9.94. The van der Waals surface area contributed by atoms with E-state index < -0.39 is 29.3 Å². The number of likely N-dealkylation sites (tertiary alicyclic amines) is 1. The third-order valence-electron chi connectivity index (χ3n) is 7.09. The summed E-state index contributed by atoms with van der Waals surface area (Å²) in [6.45, 7) is 7.36. The van der Waals surface area contributed by atoms with Gasteiger partial charge in [-0.15, -0.1) is 0 Å². The molecule has 4 rings (SSSR count). The second-order valence-corrected chi connectivity index (χ2v) is 10.1. The summed E-state index contributed by atoms with van der Waals surface area (Å²) in [4.78, 5) is 30.5. The van der Waals surface area contributed by atoms with Crippen LogP contribution in [-0.4, -0.2) is 93.4 Å². The first-order chi connectivity index (χ1) is 19.7. The highest BCUT2D eigenvalue weighted by atomic mass is 19.1. The minimum Gasteiger partial charge on any atom is -0.507 e. The SMILES string of the molecule is COc1cc([C@@H]2/C(=C(\O)c3ccc(OC(C)C)c(F)c3)C(=O)C(=O)N2CCCN2CCOCC2)cc(OC)c1OC. The van der Waals surface area contributed by atoms with Crippen LogP contribution in [0.2, 0.25) is 0 Å². The fourth-order valence-corrected chi connectivity index (χ4v) is 5.16. The lowest BCUT2D eigenvalue weighted by Gasteiger charge is -2.29. The van der Waals surface area contributed by atoms with Gasteiger partial charge in [0.25, 0.3) is 11.7 Å². The van der Waals surface area contributed by atoms with Crippen molar-refractivity contribution in [2.75, 3.05) is 60.7 Å². The Hall–Kier alpha value is -3.83. The largest absolute Gasteiger partial charge is 0.507 e. The molecule has 2 aromatic rings. The molecule has 0 unspecified atom stereocenters. The molecule has 11 heteroatoms. The number of rotatable bonds is 11. The molecule has 0 bridgehead atoms. The van der Waals surface area contributed by atoms with Gasteiger partial charge >= 0.3 is 0 Å². The number of ketones is 1. The quantitative estimate of drug-likeness (QED) is 0.245. The van der Waals surface area contributed by atoms with Gasteiger partial charge in [-0.05, 0) is 56.2 Å². The summed E-state index contributed by atoms with van der Waals surface area (Å²) in [5.41, 5.74) is 0.349. The van der Waals surface area contributed by atoms with Crippen molar-refractivity contribution >= 4 is 17.4 Å². The van der Waals surface area contributed by atoms with Gasteiger partial charge in [-0.1, -0.05) is 0 Å². The van der Waals surface area contributed by atoms with E-state index in [1.54, 1.807) is 26.0 Å². The fourth-order valence-electron chi connectivity index (χ4n) is 5.16. The number of carbonyl (C=O) groups is 2. The van der Waals surface area contributed by atoms with E-state index in [2.05, 4.69) is 4.90 Å². The van der Waals surface area contributed by atoms with Crippen LogP contribution < -0.4 is 18.9 Å². The third kappa shape index (κ3) is 6.41. The van der Waals surface area contributed by atoms with Gasteiger partial charge in [0.1, 0.15) is 5.76 Å². The Morgan fingerprint density at radius 2 is 1.66 bits per heavy atom. The average molecular weight is 573 g/mol. The normalized spacial score (nSPS) is 19.1. The van der Waals surface area contributed by atoms with E-state index in [1.807, 2.05) is 0 Å². The maximum atomic E-state index is 14.9. The summed E-state index contributed by atoms with van der Waals surface area (Å²) < 4.78 is 42.2. The number of halogens is 1. The monoisotopic (exact) mass is 572 g/mol. The molecular weight excluding hydrogens is 535 g/mol. The summed E-state index contributed by atoms with van der Waals surface area (Å²) in [6, 6.07) is 6.22. The second kappa shape index (κ2) is 13.2. The number of aliphatic hydroxyl groups is 1. The smallest absolute Gasteiger partial charge is 0.295 e. The third-order valence-corrected chi connectivity index (χ3v) is 7.09. The first-order valence-corrected chi connectivity index (χ1v) is 13.5. The number of hydrogen-bond donors (Lipinski definition) is 1. The zero-order valence-corrected chi connectivity index (χ0v) is 24.1. The van der Waals surface area contributed by atoms with E-state index >= 15 is 0 Å². The molecule has 2 aliphatic rings. The average Bonchev–Trinajstić information content (AvgIpc) is 3.22. The Morgan fingerprint density at radius 3 is 2.22 bits per heavy atom. The summed E-state index contributed by atoms with van der Waals surface area (Å²) in [7, 11) is 4.40. The molecule has 0 spiro atoms. The maximum absolute atomic E-state index is 14.9. The second-order valence-electron chi connectivity index (χ2n) is 10.1. The van der Waals surface area contributed by atoms with Gasteiger partial charge in [0.05, 0.1) is 52.3 Å². The van der Waals surface area contributed by atoms with Crippen molar-refractivity contribution in [3.63, 3.8) is 0 Å². The van der Waals surface area contributed by atoms with E-state index in [0.717, 1.165) is 19.2 Å². The highest BCUT2D eigenvalue weighted by molar-refractivity contribution is 6.46. The standard InChI is InChI=1S/C30H37FN2O8/c1-18(2)41-22-8-7-19(15-21(22)31)27(34)25-26(20-16-23(37-3)29(39-5)24(17-20)38-4)33(30(36)28(25)35)10-6-9-32-11-13-40-14-12-32/h7-8,15-18,26,34H,6,9-14H2,1-5H3/b27-25+/t26-/m1/s1. The number of morpholine rings is 1. The predicted octanol–water partition coefficient (Wildman–Crippen LogP) is 3.78. The number of ether oxygens (including phenoxy) is 5. The van der Waals surface area contributed by atoms with E-state index in [1.165, 1.54) is 38.4 Å². The molecule has 2 fully saturated rings. The number of methoxy groups -OCH3 is 3. The fraction of sp³-hybridized carbons (Fsp3) is 0.467. The zero-order chi connectivity index (χ0) is 29.7. The number of aliphatic hydroxyl groups excluding tert-OH is 1. The first kappa shape index (κ1) is 30.1. The van der Waals surface area contributed by atoms with Gasteiger partial charge < -0.3 is 33.7 Å². The first-order valence-electron chi connectivity index (χ1n) is 13.5. The Morgan fingerprint density at radius 1 is 1.00 bits per heavy atom. The Bertz CT molecular complexity index is 1280. The summed E-state index contributed by atoms with van der Waals surface area (Å²) >= 11 is 0. The van der Waals surface area contributed by atoms with E-state index in [-0.39, 0.29) is 29.5 Å². The van der Waals surface area contributed by atoms with Gasteiger partial charge in [-0.3, -0.25) is 14.5 Å². The maximum Gasteiger partial charge on any atom is 0.295 e. The van der Waals surface area contributed by atoms with Gasteiger partial charge in [0, 0.05) is 31.7 Å². The molecule has 0 saturated carbocycles. The van der Waals surface area contributed by atoms with E-state index in [9.17, 15) is 19.1 Å². The van der Waals surface area contributed by atoms with Crippen molar-refractivity contribution in [3.8, 4) is 23.0 Å². The molecule has 2 aromatic carbocycles. The minimum atomic E-state index is -0.983. The van der Waals surface area contributed by atoms with Gasteiger partial charge in [-0.25, -0.2) is 4.39 Å². The minimum absolute atomic E-state index is 0.0151. The van der Waals surface area contributed by atoms with Crippen molar-refractivity contribution in [2.24, 2.45) is 0 Å². The number of amides is 1. The molecule has 10 nitrogen and oxygen atoms in total. The molecule has 2 saturated heterocycles. The summed E-state index contributed by atoms with van der Waals surface area (Å²) in [5, 5.41) is 11.4. The van der Waals surface area contributed by atoms with Crippen LogP contribution >= 0.6 is 0 Å². The van der Waals surface area contributed by atoms with Crippen LogP contribution in [0.15, 0.2) is 35.9 Å². The van der Waals surface area contributed by atoms with Gasteiger partial charge in [-0.2, -0.15) is 0 Å². The van der Waals surface area contributed by atoms with E-state index in [0.29, 0.717) is 49.0 Å². The zero-order valence-electron chi connectivity index (χ0n) is 24.1. The van der Waals surface area contributed by atoms with Crippen LogP contribution in [0, 0.1) is 5.82 Å². The van der Waals surface area contributed by atoms with Crippen LogP contribution in [0.3, 0.4) is 0 Å². The highest BCUT2D eigenvalue weighted by Gasteiger charge is 2.46. The van der Waals surface area contributed by atoms with Crippen LogP contribution in [0.25, 0.3) is 5.76 Å². The lowest BCUT2D eigenvalue weighted by molar-refractivity contribution is -0.140. The highest BCUT2D eigenvalue weighted by Crippen LogP contribution is 2.46. The van der Waals surface area contributed by atoms with Crippen LogP contribution in [0.1, 0.15) is 37.4 Å². The number of carbonyl (C=O) groups excluding carboxylic acids is 2. The van der Waals surface area contributed by atoms with Crippen LogP contribution in [-0.2, 0) is 14.3 Å². The Labute approximate surface area is 239 Å². The molecule has 0 aliphatic carbocycles. The molecule has 1 amide bonds. The van der Waals surface area contributed by atoms with Crippen LogP contribution in [0.5, 0.6) is 23.0 Å². The predicted molar refractivity (Wildman–Crippen MR) is 149 cm³/mol. The van der Waals surface area contributed by atoms with Crippen molar-refractivity contribution in [3.05, 3.63) is 52.8 Å². The lowest BCUT2D eigenvalue weighted by Crippen LogP contribution is -2.39. The number of Topliss-reactive ketones (excluding diaryl/α,β-unsaturated/α-hetero) is 1. The molecule has 41 heavy (non-hydrogen) atoms. The van der Waals surface area contributed by atoms with E-state index in [4.69, 9.17) is 23.7 Å². The number of benzene rings is 2. The summed E-state index contributed by atoms with van der Waals surface area (Å²) in [5.74, 6) is -1.82. The Balaban J connectivity index is 1.79. The molecule has 1 N–H and O–H groups in total. The number of hydrogen-bond acceptors (Lipinski definition) is 9. The number of nitrogens with zero attached hydrogens (tertiary/aromatic N) is 2. The molecule has 222 valence electrons. The Kier molecular flexibility index (Phi) is 9.72. The van der Waals surface area contributed by atoms with Crippen molar-refractivity contribution in [1.82, 2.24) is 9.80 Å². The topological polar surface area (TPSA) is 107 Å². The van der Waals surface area contributed by atoms with Gasteiger partial charge in [0.15, 0.2) is 23.1 Å². The molecule has 1 atom stereocenters. The van der Waals surface area contributed by atoms with Crippen molar-refractivity contribution < 1.29 is 42.8 Å². The summed E-state index contributed by atoms with van der Waals surface area (Å²) in [6.07, 6.45) is 0.330. The van der Waals surface area contributed by atoms with Crippen LogP contribution in [0.4, 0.5) is 4.39 Å². The van der Waals surface area contributed by atoms with Crippen molar-refractivity contribution in [2.45, 2.75) is 32.4 Å². The molecule has 0 radical (unpaired) electrons.